The van der Waals surface area contributed by atoms with Crippen LogP contribution < -0.4 is 21.7 Å². The molecule has 0 saturated heterocycles. The first kappa shape index (κ1) is 15.9. The molecule has 124 valence electrons. The Hall–Kier alpha value is -3.02. The van der Waals surface area contributed by atoms with E-state index in [1.165, 1.54) is 0 Å². The molecule has 2 atom stereocenters. The zero-order valence-electron chi connectivity index (χ0n) is 13.4. The highest BCUT2D eigenvalue weighted by Crippen LogP contribution is 2.35. The van der Waals surface area contributed by atoms with E-state index in [2.05, 4.69) is 5.32 Å². The molecule has 24 heavy (non-hydrogen) atoms. The van der Waals surface area contributed by atoms with Gasteiger partial charge in [0.25, 0.3) is 5.91 Å². The minimum absolute atomic E-state index is 0.178. The molecule has 1 aliphatic heterocycles. The number of fused-ring (bicyclic) bond motifs is 1. The van der Waals surface area contributed by atoms with E-state index >= 15 is 0 Å². The SMILES string of the molecule is C[C@@H](c1ccccc1)N1C(=O)[C@H](NC(N)=O)Cc2cc(N)ccc21. The number of carbonyl (C=O) groups excluding carboxylic acids is 2. The lowest BCUT2D eigenvalue weighted by molar-refractivity contribution is -0.121. The summed E-state index contributed by atoms with van der Waals surface area (Å²) in [5, 5.41) is 2.53. The molecule has 3 rings (SSSR count). The number of anilines is 2. The first-order valence-corrected chi connectivity index (χ1v) is 7.79. The molecule has 0 bridgehead atoms. The minimum atomic E-state index is -0.715. The van der Waals surface area contributed by atoms with Crippen molar-refractivity contribution in [1.29, 1.82) is 0 Å². The van der Waals surface area contributed by atoms with Crippen LogP contribution in [0.3, 0.4) is 0 Å². The Morgan fingerprint density at radius 3 is 2.62 bits per heavy atom. The van der Waals surface area contributed by atoms with Gasteiger partial charge in [-0.05, 0) is 36.2 Å². The molecule has 2 aromatic carbocycles. The summed E-state index contributed by atoms with van der Waals surface area (Å²) in [6, 6.07) is 13.6. The maximum Gasteiger partial charge on any atom is 0.312 e. The van der Waals surface area contributed by atoms with Crippen LogP contribution in [-0.4, -0.2) is 18.0 Å². The third-order valence-corrected chi connectivity index (χ3v) is 4.31. The molecule has 1 aliphatic rings. The Morgan fingerprint density at radius 2 is 1.96 bits per heavy atom. The molecule has 5 N–H and O–H groups in total. The Bertz CT molecular complexity index is 776. The molecular weight excluding hydrogens is 304 g/mol. The van der Waals surface area contributed by atoms with Gasteiger partial charge in [0.1, 0.15) is 6.04 Å². The highest BCUT2D eigenvalue weighted by Gasteiger charge is 2.36. The van der Waals surface area contributed by atoms with Gasteiger partial charge in [0.05, 0.1) is 6.04 Å². The van der Waals surface area contributed by atoms with Crippen LogP contribution >= 0.6 is 0 Å². The monoisotopic (exact) mass is 324 g/mol. The number of hydrogen-bond acceptors (Lipinski definition) is 3. The molecule has 0 aliphatic carbocycles. The van der Waals surface area contributed by atoms with Gasteiger partial charge >= 0.3 is 6.03 Å². The zero-order chi connectivity index (χ0) is 17.3. The summed E-state index contributed by atoms with van der Waals surface area (Å²) in [5.74, 6) is -0.178. The fourth-order valence-electron chi connectivity index (χ4n) is 3.16. The lowest BCUT2D eigenvalue weighted by Gasteiger charge is -2.38. The smallest absolute Gasteiger partial charge is 0.312 e. The average Bonchev–Trinajstić information content (AvgIpc) is 2.56. The van der Waals surface area contributed by atoms with Crippen molar-refractivity contribution in [2.45, 2.75) is 25.4 Å². The highest BCUT2D eigenvalue weighted by atomic mass is 16.2. The lowest BCUT2D eigenvalue weighted by Crippen LogP contribution is -2.54. The summed E-state index contributed by atoms with van der Waals surface area (Å²) in [4.78, 5) is 25.9. The summed E-state index contributed by atoms with van der Waals surface area (Å²) in [6.45, 7) is 1.96. The second-order valence-electron chi connectivity index (χ2n) is 5.95. The summed E-state index contributed by atoms with van der Waals surface area (Å²) < 4.78 is 0. The van der Waals surface area contributed by atoms with E-state index in [1.807, 2.05) is 49.4 Å². The Morgan fingerprint density at radius 1 is 1.25 bits per heavy atom. The second kappa shape index (κ2) is 6.23. The van der Waals surface area contributed by atoms with Gasteiger partial charge in [0, 0.05) is 17.8 Å². The molecule has 0 saturated carbocycles. The Kier molecular flexibility index (Phi) is 4.12. The predicted octanol–water partition coefficient (Wildman–Crippen LogP) is 1.96. The van der Waals surface area contributed by atoms with Crippen LogP contribution in [0.4, 0.5) is 16.2 Å². The van der Waals surface area contributed by atoms with Crippen LogP contribution in [0.1, 0.15) is 24.1 Å². The van der Waals surface area contributed by atoms with Crippen LogP contribution in [0.15, 0.2) is 48.5 Å². The van der Waals surface area contributed by atoms with Gasteiger partial charge in [-0.15, -0.1) is 0 Å². The van der Waals surface area contributed by atoms with Crippen molar-refractivity contribution >= 4 is 23.3 Å². The van der Waals surface area contributed by atoms with Crippen molar-refractivity contribution in [2.75, 3.05) is 10.6 Å². The summed E-state index contributed by atoms with van der Waals surface area (Å²) in [6.07, 6.45) is 0.375. The molecule has 6 nitrogen and oxygen atoms in total. The second-order valence-corrected chi connectivity index (χ2v) is 5.95. The van der Waals surface area contributed by atoms with Crippen molar-refractivity contribution < 1.29 is 9.59 Å². The van der Waals surface area contributed by atoms with Crippen molar-refractivity contribution in [2.24, 2.45) is 5.73 Å². The average molecular weight is 324 g/mol. The quantitative estimate of drug-likeness (QED) is 0.752. The molecule has 0 unspecified atom stereocenters. The standard InChI is InChI=1S/C18H20N4O2/c1-11(12-5-3-2-4-6-12)22-16-8-7-14(19)9-13(16)10-15(17(22)23)21-18(20)24/h2-9,11,15H,10,19H2,1H3,(H3,20,21,24)/t11-,15+/m0/s1. The van der Waals surface area contributed by atoms with E-state index in [0.717, 1.165) is 16.8 Å². The topological polar surface area (TPSA) is 101 Å². The Balaban J connectivity index is 2.05. The number of carbonyl (C=O) groups is 2. The number of rotatable bonds is 3. The van der Waals surface area contributed by atoms with Crippen LogP contribution in [0.5, 0.6) is 0 Å². The molecule has 6 heteroatoms. The molecule has 0 fully saturated rings. The molecule has 0 radical (unpaired) electrons. The summed E-state index contributed by atoms with van der Waals surface area (Å²) in [7, 11) is 0. The minimum Gasteiger partial charge on any atom is -0.399 e. The summed E-state index contributed by atoms with van der Waals surface area (Å²) in [5.41, 5.74) is 14.5. The molecule has 3 amide bonds. The number of hydrogen-bond donors (Lipinski definition) is 3. The first-order valence-electron chi connectivity index (χ1n) is 7.79. The first-order chi connectivity index (χ1) is 11.5. The van der Waals surface area contributed by atoms with Crippen molar-refractivity contribution in [3.8, 4) is 0 Å². The predicted molar refractivity (Wildman–Crippen MR) is 93.4 cm³/mol. The number of urea groups is 1. The zero-order valence-corrected chi connectivity index (χ0v) is 13.4. The van der Waals surface area contributed by atoms with E-state index in [1.54, 1.807) is 11.0 Å². The fourth-order valence-corrected chi connectivity index (χ4v) is 3.16. The van der Waals surface area contributed by atoms with Crippen LogP contribution in [0, 0.1) is 0 Å². The number of nitrogen functional groups attached to an aromatic ring is 1. The van der Waals surface area contributed by atoms with Gasteiger partial charge in [-0.1, -0.05) is 30.3 Å². The highest BCUT2D eigenvalue weighted by molar-refractivity contribution is 6.02. The van der Waals surface area contributed by atoms with E-state index in [9.17, 15) is 9.59 Å². The van der Waals surface area contributed by atoms with Crippen molar-refractivity contribution in [1.82, 2.24) is 5.32 Å². The number of nitrogens with zero attached hydrogens (tertiary/aromatic N) is 1. The summed E-state index contributed by atoms with van der Waals surface area (Å²) >= 11 is 0. The van der Waals surface area contributed by atoms with Crippen LogP contribution in [-0.2, 0) is 11.2 Å². The van der Waals surface area contributed by atoms with E-state index in [-0.39, 0.29) is 11.9 Å². The van der Waals surface area contributed by atoms with Gasteiger partial charge in [-0.2, -0.15) is 0 Å². The van der Waals surface area contributed by atoms with Crippen LogP contribution in [0.25, 0.3) is 0 Å². The Labute approximate surface area is 140 Å². The van der Waals surface area contributed by atoms with Crippen molar-refractivity contribution in [3.63, 3.8) is 0 Å². The van der Waals surface area contributed by atoms with Gasteiger partial charge in [-0.25, -0.2) is 4.79 Å². The van der Waals surface area contributed by atoms with E-state index < -0.39 is 12.1 Å². The van der Waals surface area contributed by atoms with Crippen LogP contribution in [0.2, 0.25) is 0 Å². The molecule has 0 aromatic heterocycles. The third kappa shape index (κ3) is 2.90. The van der Waals surface area contributed by atoms with Gasteiger partial charge in [-0.3, -0.25) is 4.79 Å². The van der Waals surface area contributed by atoms with Gasteiger partial charge < -0.3 is 21.7 Å². The molecule has 0 spiro atoms. The number of amides is 3. The number of benzene rings is 2. The van der Waals surface area contributed by atoms with E-state index in [4.69, 9.17) is 11.5 Å². The number of nitrogens with two attached hydrogens (primary N) is 2. The fraction of sp³-hybridized carbons (Fsp3) is 0.222. The maximum atomic E-state index is 12.9. The number of primary amides is 1. The van der Waals surface area contributed by atoms with Gasteiger partial charge in [0.2, 0.25) is 0 Å². The maximum absolute atomic E-state index is 12.9. The normalized spacial score (nSPS) is 18.0. The lowest BCUT2D eigenvalue weighted by atomic mass is 9.93. The van der Waals surface area contributed by atoms with E-state index in [0.29, 0.717) is 12.1 Å². The number of nitrogens with one attached hydrogen (secondary N) is 1. The molecule has 2 aromatic rings. The third-order valence-electron chi connectivity index (χ3n) is 4.31. The van der Waals surface area contributed by atoms with Crippen molar-refractivity contribution in [3.05, 3.63) is 59.7 Å². The van der Waals surface area contributed by atoms with Gasteiger partial charge in [0.15, 0.2) is 0 Å². The largest absolute Gasteiger partial charge is 0.399 e. The molecular formula is C18H20N4O2. The molecule has 1 heterocycles.